The molecule has 0 unspecified atom stereocenters. The number of rotatable bonds is 3. The van der Waals surface area contributed by atoms with Crippen LogP contribution in [0.1, 0.15) is 25.7 Å². The molecule has 2 N–H and O–H groups in total. The van der Waals surface area contributed by atoms with Crippen LogP contribution in [-0.2, 0) is 9.59 Å². The maximum atomic E-state index is 12.0. The number of anilines is 2. The number of hydrogen-bond acceptors (Lipinski definition) is 4. The van der Waals surface area contributed by atoms with E-state index in [2.05, 4.69) is 20.7 Å². The minimum atomic E-state index is -0.260. The number of hydrogen-bond donors (Lipinski definition) is 2. The molecule has 0 radical (unpaired) electrons. The van der Waals surface area contributed by atoms with Gasteiger partial charge in [-0.3, -0.25) is 9.59 Å². The number of carbonyl (C=O) groups excluding carboxylic acids is 2. The average molecular weight is 286 g/mol. The number of carbonyl (C=O) groups is 2. The van der Waals surface area contributed by atoms with E-state index in [-0.39, 0.29) is 11.8 Å². The van der Waals surface area contributed by atoms with Crippen molar-refractivity contribution in [2.24, 2.45) is 5.10 Å². The number of amides is 2. The van der Waals surface area contributed by atoms with E-state index in [4.69, 9.17) is 0 Å². The van der Waals surface area contributed by atoms with Crippen LogP contribution < -0.4 is 15.6 Å². The molecule has 0 aliphatic carbocycles. The fourth-order valence-electron chi connectivity index (χ4n) is 2.57. The molecule has 0 bridgehead atoms. The molecule has 6 nitrogen and oxygen atoms in total. The summed E-state index contributed by atoms with van der Waals surface area (Å²) in [5.41, 5.74) is 4.61. The maximum Gasteiger partial charge on any atom is 0.271 e. The lowest BCUT2D eigenvalue weighted by molar-refractivity contribution is -0.121. The van der Waals surface area contributed by atoms with Crippen LogP contribution in [0.15, 0.2) is 29.4 Å². The molecule has 0 spiro atoms. The van der Waals surface area contributed by atoms with Crippen LogP contribution in [0.2, 0.25) is 0 Å². The standard InChI is InChI=1S/C15H18N4O2/c20-14-8-7-13(17-18-14)15(21)16-11-3-5-12(6-4-11)19-9-1-2-10-19/h3-6H,1-2,7-10H2,(H,16,21)(H,18,20). The predicted octanol–water partition coefficient (Wildman–Crippen LogP) is 1.49. The number of nitrogens with zero attached hydrogens (tertiary/aromatic N) is 2. The van der Waals surface area contributed by atoms with Crippen molar-refractivity contribution in [2.75, 3.05) is 23.3 Å². The molecule has 21 heavy (non-hydrogen) atoms. The van der Waals surface area contributed by atoms with Crippen LogP contribution in [0.3, 0.4) is 0 Å². The Hall–Kier alpha value is -2.37. The van der Waals surface area contributed by atoms with Crippen LogP contribution in [0.25, 0.3) is 0 Å². The van der Waals surface area contributed by atoms with Gasteiger partial charge in [-0.2, -0.15) is 5.10 Å². The second-order valence-electron chi connectivity index (χ2n) is 5.29. The summed E-state index contributed by atoms with van der Waals surface area (Å²) in [6.07, 6.45) is 3.16. The second-order valence-corrected chi connectivity index (χ2v) is 5.29. The van der Waals surface area contributed by atoms with Gasteiger partial charge in [0.25, 0.3) is 5.91 Å². The van der Waals surface area contributed by atoms with Crippen molar-refractivity contribution in [2.45, 2.75) is 25.7 Å². The van der Waals surface area contributed by atoms with Gasteiger partial charge < -0.3 is 10.2 Å². The molecular formula is C15H18N4O2. The van der Waals surface area contributed by atoms with E-state index in [0.717, 1.165) is 18.8 Å². The highest BCUT2D eigenvalue weighted by Crippen LogP contribution is 2.22. The summed E-state index contributed by atoms with van der Waals surface area (Å²) in [6.45, 7) is 2.20. The van der Waals surface area contributed by atoms with Crippen molar-refractivity contribution < 1.29 is 9.59 Å². The van der Waals surface area contributed by atoms with Gasteiger partial charge in [0.2, 0.25) is 5.91 Å². The Balaban J connectivity index is 1.62. The minimum Gasteiger partial charge on any atom is -0.372 e. The summed E-state index contributed by atoms with van der Waals surface area (Å²) in [5, 5.41) is 6.59. The first-order valence-electron chi connectivity index (χ1n) is 7.24. The Bertz CT molecular complexity index is 574. The van der Waals surface area contributed by atoms with Gasteiger partial charge in [0.15, 0.2) is 0 Å². The zero-order valence-corrected chi connectivity index (χ0v) is 11.8. The fraction of sp³-hybridized carbons (Fsp3) is 0.400. The first-order valence-corrected chi connectivity index (χ1v) is 7.24. The quantitative estimate of drug-likeness (QED) is 0.884. The van der Waals surface area contributed by atoms with Gasteiger partial charge in [0.1, 0.15) is 5.71 Å². The van der Waals surface area contributed by atoms with Gasteiger partial charge in [-0.25, -0.2) is 5.43 Å². The van der Waals surface area contributed by atoms with E-state index in [0.29, 0.717) is 18.6 Å². The van der Waals surface area contributed by atoms with Crippen molar-refractivity contribution in [1.29, 1.82) is 0 Å². The third kappa shape index (κ3) is 3.21. The van der Waals surface area contributed by atoms with Crippen molar-refractivity contribution >= 4 is 28.9 Å². The van der Waals surface area contributed by atoms with Gasteiger partial charge >= 0.3 is 0 Å². The zero-order chi connectivity index (χ0) is 14.7. The summed E-state index contributed by atoms with van der Waals surface area (Å²) >= 11 is 0. The van der Waals surface area contributed by atoms with Crippen LogP contribution >= 0.6 is 0 Å². The summed E-state index contributed by atoms with van der Waals surface area (Å²) in [6, 6.07) is 7.83. The summed E-state index contributed by atoms with van der Waals surface area (Å²) < 4.78 is 0. The van der Waals surface area contributed by atoms with Gasteiger partial charge in [0, 0.05) is 37.3 Å². The lowest BCUT2D eigenvalue weighted by Gasteiger charge is -2.18. The highest BCUT2D eigenvalue weighted by molar-refractivity contribution is 6.43. The number of benzene rings is 1. The molecule has 6 heteroatoms. The average Bonchev–Trinajstić information content (AvgIpc) is 3.03. The Morgan fingerprint density at radius 3 is 2.48 bits per heavy atom. The normalized spacial score (nSPS) is 18.2. The van der Waals surface area contributed by atoms with E-state index < -0.39 is 0 Å². The first-order chi connectivity index (χ1) is 10.2. The summed E-state index contributed by atoms with van der Waals surface area (Å²) in [5.74, 6) is -0.412. The fourth-order valence-corrected chi connectivity index (χ4v) is 2.57. The molecule has 3 rings (SSSR count). The molecule has 2 aliphatic rings. The van der Waals surface area contributed by atoms with E-state index in [1.54, 1.807) is 0 Å². The smallest absolute Gasteiger partial charge is 0.271 e. The molecule has 2 amide bonds. The second kappa shape index (κ2) is 5.95. The monoisotopic (exact) mass is 286 g/mol. The Morgan fingerprint density at radius 1 is 1.14 bits per heavy atom. The predicted molar refractivity (Wildman–Crippen MR) is 81.3 cm³/mol. The third-order valence-electron chi connectivity index (χ3n) is 3.76. The van der Waals surface area contributed by atoms with Crippen molar-refractivity contribution in [3.05, 3.63) is 24.3 Å². The van der Waals surface area contributed by atoms with Gasteiger partial charge in [0.05, 0.1) is 0 Å². The van der Waals surface area contributed by atoms with Crippen LogP contribution in [0.4, 0.5) is 11.4 Å². The largest absolute Gasteiger partial charge is 0.372 e. The van der Waals surface area contributed by atoms with E-state index in [9.17, 15) is 9.59 Å². The first kappa shape index (κ1) is 13.6. The van der Waals surface area contributed by atoms with Gasteiger partial charge in [-0.05, 0) is 37.1 Å². The molecule has 0 atom stereocenters. The molecule has 110 valence electrons. The molecule has 1 saturated heterocycles. The van der Waals surface area contributed by atoms with Crippen LogP contribution in [0, 0.1) is 0 Å². The summed E-state index contributed by atoms with van der Waals surface area (Å²) in [7, 11) is 0. The summed E-state index contributed by atoms with van der Waals surface area (Å²) in [4.78, 5) is 25.3. The van der Waals surface area contributed by atoms with Gasteiger partial charge in [-0.1, -0.05) is 0 Å². The molecule has 0 saturated carbocycles. The molecule has 0 aromatic heterocycles. The molecule has 2 heterocycles. The highest BCUT2D eigenvalue weighted by atomic mass is 16.2. The maximum absolute atomic E-state index is 12.0. The van der Waals surface area contributed by atoms with Crippen molar-refractivity contribution in [3.63, 3.8) is 0 Å². The zero-order valence-electron chi connectivity index (χ0n) is 11.8. The molecular weight excluding hydrogens is 268 g/mol. The lowest BCUT2D eigenvalue weighted by atomic mass is 10.1. The van der Waals surface area contributed by atoms with E-state index in [1.165, 1.54) is 18.5 Å². The molecule has 1 aromatic carbocycles. The van der Waals surface area contributed by atoms with Crippen molar-refractivity contribution in [1.82, 2.24) is 5.43 Å². The Morgan fingerprint density at radius 2 is 1.86 bits per heavy atom. The highest BCUT2D eigenvalue weighted by Gasteiger charge is 2.18. The molecule has 1 aromatic rings. The van der Waals surface area contributed by atoms with E-state index >= 15 is 0 Å². The van der Waals surface area contributed by atoms with E-state index in [1.807, 2.05) is 24.3 Å². The van der Waals surface area contributed by atoms with Gasteiger partial charge in [-0.15, -0.1) is 0 Å². The Kier molecular flexibility index (Phi) is 3.85. The number of nitrogens with one attached hydrogen (secondary N) is 2. The van der Waals surface area contributed by atoms with Crippen molar-refractivity contribution in [3.8, 4) is 0 Å². The minimum absolute atomic E-state index is 0.151. The molecule has 2 aliphatic heterocycles. The number of hydrazone groups is 1. The van der Waals surface area contributed by atoms with Crippen LogP contribution in [0.5, 0.6) is 0 Å². The topological polar surface area (TPSA) is 73.8 Å². The SMILES string of the molecule is O=C1CCC(C(=O)Nc2ccc(N3CCCC3)cc2)=NN1. The lowest BCUT2D eigenvalue weighted by Crippen LogP contribution is -2.32. The molecule has 1 fully saturated rings. The third-order valence-corrected chi connectivity index (χ3v) is 3.76. The van der Waals surface area contributed by atoms with Crippen LogP contribution in [-0.4, -0.2) is 30.6 Å². The Labute approximate surface area is 123 Å².